The zero-order valence-corrected chi connectivity index (χ0v) is 14.8. The monoisotopic (exact) mass is 333 g/mol. The topological polar surface area (TPSA) is 23.5 Å². The van der Waals surface area contributed by atoms with Crippen LogP contribution in [-0.4, -0.2) is 22.6 Å². The Hall–Kier alpha value is -1.80. The molecule has 0 unspecified atom stereocenters. The van der Waals surface area contributed by atoms with Crippen LogP contribution in [0.4, 0.5) is 0 Å². The van der Waals surface area contributed by atoms with E-state index in [0.717, 1.165) is 18.9 Å². The molecule has 1 saturated heterocycles. The zero-order valence-electron chi connectivity index (χ0n) is 14.8. The number of fused-ring (bicyclic) bond motifs is 1. The van der Waals surface area contributed by atoms with E-state index in [0.29, 0.717) is 17.2 Å². The molecular weight excluding hydrogens is 306 g/mol. The van der Waals surface area contributed by atoms with Crippen molar-refractivity contribution in [2.24, 2.45) is 5.92 Å². The molecule has 2 heteroatoms. The summed E-state index contributed by atoms with van der Waals surface area (Å²) in [5.41, 5.74) is 4.72. The Kier molecular flexibility index (Phi) is 3.63. The highest BCUT2D eigenvalue weighted by Crippen LogP contribution is 2.56. The quantitative estimate of drug-likeness (QED) is 0.864. The first-order chi connectivity index (χ1) is 12.3. The Morgan fingerprint density at radius 1 is 1.04 bits per heavy atom. The molecule has 1 N–H and O–H groups in total. The van der Waals surface area contributed by atoms with Crippen molar-refractivity contribution in [1.82, 2.24) is 4.90 Å². The minimum Gasteiger partial charge on any atom is -0.508 e. The Balaban J connectivity index is 1.54. The van der Waals surface area contributed by atoms with Crippen LogP contribution in [0, 0.1) is 5.92 Å². The molecule has 25 heavy (non-hydrogen) atoms. The maximum atomic E-state index is 10.1. The lowest BCUT2D eigenvalue weighted by atomic mass is 9.52. The fourth-order valence-electron chi connectivity index (χ4n) is 6.09. The summed E-state index contributed by atoms with van der Waals surface area (Å²) >= 11 is 0. The maximum absolute atomic E-state index is 10.1. The molecule has 5 rings (SSSR count). The summed E-state index contributed by atoms with van der Waals surface area (Å²) in [6, 6.07) is 17.8. The number of rotatable bonds is 2. The molecule has 130 valence electrons. The van der Waals surface area contributed by atoms with Crippen LogP contribution >= 0.6 is 0 Å². The van der Waals surface area contributed by atoms with Gasteiger partial charge in [0.15, 0.2) is 0 Å². The van der Waals surface area contributed by atoms with Crippen molar-refractivity contribution in [3.8, 4) is 5.75 Å². The van der Waals surface area contributed by atoms with E-state index in [-0.39, 0.29) is 0 Å². The van der Waals surface area contributed by atoms with Crippen molar-refractivity contribution in [2.75, 3.05) is 6.54 Å². The Morgan fingerprint density at radius 2 is 1.92 bits per heavy atom. The van der Waals surface area contributed by atoms with Crippen molar-refractivity contribution in [3.05, 3.63) is 65.2 Å². The van der Waals surface area contributed by atoms with Gasteiger partial charge in [-0.15, -0.1) is 0 Å². The van der Waals surface area contributed by atoms with E-state index < -0.39 is 0 Å². The fraction of sp³-hybridized carbons (Fsp3) is 0.478. The third-order valence-corrected chi connectivity index (χ3v) is 7.16. The van der Waals surface area contributed by atoms with Gasteiger partial charge in [0.1, 0.15) is 5.75 Å². The molecule has 1 heterocycles. The van der Waals surface area contributed by atoms with E-state index in [1.807, 2.05) is 6.07 Å². The fourth-order valence-corrected chi connectivity index (χ4v) is 6.09. The number of likely N-dealkylation sites (tertiary alicyclic amines) is 1. The number of phenolic OH excluding ortho intramolecular Hbond substituents is 1. The van der Waals surface area contributed by atoms with Gasteiger partial charge in [-0.25, -0.2) is 0 Å². The highest BCUT2D eigenvalue weighted by Gasteiger charge is 2.53. The molecule has 2 fully saturated rings. The van der Waals surface area contributed by atoms with E-state index >= 15 is 0 Å². The lowest BCUT2D eigenvalue weighted by Crippen LogP contribution is -2.60. The molecule has 2 aromatic rings. The van der Waals surface area contributed by atoms with Crippen molar-refractivity contribution >= 4 is 0 Å². The second kappa shape index (κ2) is 5.88. The average Bonchev–Trinajstić information content (AvgIpc) is 2.65. The summed E-state index contributed by atoms with van der Waals surface area (Å²) in [5.74, 6) is 1.20. The number of hydrogen-bond acceptors (Lipinski definition) is 2. The predicted octanol–water partition coefficient (Wildman–Crippen LogP) is 4.65. The molecular formula is C23H27NO. The Bertz CT molecular complexity index is 771. The first kappa shape index (κ1) is 15.5. The summed E-state index contributed by atoms with van der Waals surface area (Å²) in [5, 5.41) is 10.1. The van der Waals surface area contributed by atoms with E-state index in [1.165, 1.54) is 55.3 Å². The standard InChI is InChI=1S/C23H27NO/c25-19-10-9-18-14-22-20-8-4-5-11-23(20,21(18)15-19)12-13-24(22)16-17-6-2-1-3-7-17/h1-3,6-7,9-10,15,20,22,25H,4-5,8,11-14,16H2/t20-,22-,23-/m0/s1. The normalized spacial score (nSPS) is 31.2. The maximum Gasteiger partial charge on any atom is 0.115 e. The molecule has 3 atom stereocenters. The molecule has 1 aliphatic heterocycles. The van der Waals surface area contributed by atoms with Gasteiger partial charge in [-0.1, -0.05) is 49.2 Å². The Labute approximate surface area is 150 Å². The first-order valence-electron chi connectivity index (χ1n) is 9.87. The number of aromatic hydroxyl groups is 1. The molecule has 1 saturated carbocycles. The van der Waals surface area contributed by atoms with E-state index in [1.54, 1.807) is 0 Å². The van der Waals surface area contributed by atoms with Crippen LogP contribution in [0.5, 0.6) is 5.75 Å². The van der Waals surface area contributed by atoms with Gasteiger partial charge in [0.25, 0.3) is 0 Å². The van der Waals surface area contributed by atoms with Gasteiger partial charge in [-0.2, -0.15) is 0 Å². The van der Waals surface area contributed by atoms with Crippen LogP contribution in [-0.2, 0) is 18.4 Å². The summed E-state index contributed by atoms with van der Waals surface area (Å²) in [6.07, 6.45) is 7.77. The average molecular weight is 333 g/mol. The SMILES string of the molecule is Oc1ccc2c(c1)[C@]13CCCC[C@H]1[C@H](C2)N(Cc1ccccc1)CC3. The van der Waals surface area contributed by atoms with E-state index in [9.17, 15) is 5.11 Å². The van der Waals surface area contributed by atoms with Gasteiger partial charge in [0.2, 0.25) is 0 Å². The van der Waals surface area contributed by atoms with E-state index in [2.05, 4.69) is 47.4 Å². The first-order valence-corrected chi connectivity index (χ1v) is 9.87. The van der Waals surface area contributed by atoms with Gasteiger partial charge in [-0.05, 0) is 67.0 Å². The number of benzene rings is 2. The third-order valence-electron chi connectivity index (χ3n) is 7.16. The molecule has 0 aromatic heterocycles. The molecule has 0 amide bonds. The molecule has 2 aromatic carbocycles. The number of phenols is 1. The Morgan fingerprint density at radius 3 is 2.80 bits per heavy atom. The van der Waals surface area contributed by atoms with Crippen LogP contribution in [0.2, 0.25) is 0 Å². The van der Waals surface area contributed by atoms with Crippen LogP contribution in [0.3, 0.4) is 0 Å². The smallest absolute Gasteiger partial charge is 0.115 e. The second-order valence-corrected chi connectivity index (χ2v) is 8.33. The van der Waals surface area contributed by atoms with Crippen molar-refractivity contribution in [1.29, 1.82) is 0 Å². The molecule has 2 nitrogen and oxygen atoms in total. The van der Waals surface area contributed by atoms with Gasteiger partial charge in [-0.3, -0.25) is 4.90 Å². The highest BCUT2D eigenvalue weighted by atomic mass is 16.3. The molecule has 3 aliphatic rings. The number of hydrogen-bond donors (Lipinski definition) is 1. The molecule has 0 radical (unpaired) electrons. The van der Waals surface area contributed by atoms with Crippen LogP contribution in [0.25, 0.3) is 0 Å². The van der Waals surface area contributed by atoms with Crippen LogP contribution in [0.15, 0.2) is 48.5 Å². The van der Waals surface area contributed by atoms with E-state index in [4.69, 9.17) is 0 Å². The zero-order chi connectivity index (χ0) is 16.9. The molecule has 2 bridgehead atoms. The van der Waals surface area contributed by atoms with Gasteiger partial charge < -0.3 is 5.11 Å². The van der Waals surface area contributed by atoms with Crippen molar-refractivity contribution < 1.29 is 5.11 Å². The predicted molar refractivity (Wildman–Crippen MR) is 101 cm³/mol. The van der Waals surface area contributed by atoms with Crippen LogP contribution in [0.1, 0.15) is 48.8 Å². The summed E-state index contributed by atoms with van der Waals surface area (Å²) in [7, 11) is 0. The number of piperidine rings is 1. The molecule has 2 aliphatic carbocycles. The lowest BCUT2D eigenvalue weighted by Gasteiger charge is -2.59. The highest BCUT2D eigenvalue weighted by molar-refractivity contribution is 5.45. The third kappa shape index (κ3) is 2.42. The minimum absolute atomic E-state index is 0.322. The lowest BCUT2D eigenvalue weighted by molar-refractivity contribution is -0.0157. The van der Waals surface area contributed by atoms with Crippen LogP contribution < -0.4 is 0 Å². The van der Waals surface area contributed by atoms with Gasteiger partial charge in [0, 0.05) is 18.0 Å². The largest absolute Gasteiger partial charge is 0.508 e. The van der Waals surface area contributed by atoms with Gasteiger partial charge >= 0.3 is 0 Å². The number of nitrogens with zero attached hydrogens (tertiary/aromatic N) is 1. The minimum atomic E-state index is 0.322. The van der Waals surface area contributed by atoms with Crippen molar-refractivity contribution in [2.45, 2.75) is 56.5 Å². The molecule has 0 spiro atoms. The van der Waals surface area contributed by atoms with Gasteiger partial charge in [0.05, 0.1) is 0 Å². The summed E-state index contributed by atoms with van der Waals surface area (Å²) < 4.78 is 0. The second-order valence-electron chi connectivity index (χ2n) is 8.33. The van der Waals surface area contributed by atoms with Crippen molar-refractivity contribution in [3.63, 3.8) is 0 Å². The summed E-state index contributed by atoms with van der Waals surface area (Å²) in [6.45, 7) is 2.26. The summed E-state index contributed by atoms with van der Waals surface area (Å²) in [4.78, 5) is 2.75.